The van der Waals surface area contributed by atoms with Crippen LogP contribution in [0.1, 0.15) is 11.3 Å². The number of nitriles is 1. The molecule has 82 valence electrons. The number of aromatic amines is 1. The van der Waals surface area contributed by atoms with E-state index in [9.17, 15) is 13.2 Å². The Hall–Kier alpha value is -1.96. The van der Waals surface area contributed by atoms with Gasteiger partial charge in [0.1, 0.15) is 5.69 Å². The van der Waals surface area contributed by atoms with Crippen molar-refractivity contribution in [3.05, 3.63) is 35.5 Å². The second-order valence-electron chi connectivity index (χ2n) is 3.44. The lowest BCUT2D eigenvalue weighted by Crippen LogP contribution is -2.04. The number of aromatic nitrogens is 1. The topological polar surface area (TPSA) is 39.6 Å². The van der Waals surface area contributed by atoms with Crippen LogP contribution in [0.5, 0.6) is 0 Å². The molecule has 0 unspecified atom stereocenters. The van der Waals surface area contributed by atoms with Gasteiger partial charge in [0.15, 0.2) is 0 Å². The molecule has 1 aromatic carbocycles. The SMILES string of the molecule is N#CCc1ccc2[nH]c(C(F)(F)F)cc2c1. The maximum Gasteiger partial charge on any atom is 0.431 e. The van der Waals surface area contributed by atoms with Crippen LogP contribution in [0, 0.1) is 11.3 Å². The summed E-state index contributed by atoms with van der Waals surface area (Å²) in [5.41, 5.74) is 0.369. The Balaban J connectivity index is 2.51. The standard InChI is InChI=1S/C11H7F3N2/c12-11(13,14)10-6-8-5-7(3-4-15)1-2-9(8)16-10/h1-2,5-6,16H,3H2. The molecule has 0 aliphatic carbocycles. The van der Waals surface area contributed by atoms with Gasteiger partial charge in [-0.25, -0.2) is 0 Å². The highest BCUT2D eigenvalue weighted by molar-refractivity contribution is 5.81. The van der Waals surface area contributed by atoms with E-state index in [-0.39, 0.29) is 6.42 Å². The molecule has 0 amide bonds. The van der Waals surface area contributed by atoms with E-state index in [0.717, 1.165) is 6.07 Å². The average molecular weight is 224 g/mol. The predicted octanol–water partition coefficient (Wildman–Crippen LogP) is 3.25. The number of alkyl halides is 3. The summed E-state index contributed by atoms with van der Waals surface area (Å²) in [7, 11) is 0. The average Bonchev–Trinajstić information content (AvgIpc) is 2.60. The smallest absolute Gasteiger partial charge is 0.351 e. The first kappa shape index (κ1) is 10.6. The number of hydrogen-bond acceptors (Lipinski definition) is 1. The molecule has 1 heterocycles. The van der Waals surface area contributed by atoms with Crippen LogP contribution in [-0.4, -0.2) is 4.98 Å². The summed E-state index contributed by atoms with van der Waals surface area (Å²) in [6.45, 7) is 0. The minimum absolute atomic E-state index is 0.197. The summed E-state index contributed by atoms with van der Waals surface area (Å²) in [5, 5.41) is 8.96. The van der Waals surface area contributed by atoms with E-state index in [1.165, 1.54) is 0 Å². The number of fused-ring (bicyclic) bond motifs is 1. The fourth-order valence-corrected chi connectivity index (χ4v) is 1.54. The van der Waals surface area contributed by atoms with Crippen LogP contribution in [0.15, 0.2) is 24.3 Å². The highest BCUT2D eigenvalue weighted by Crippen LogP contribution is 2.31. The van der Waals surface area contributed by atoms with Gasteiger partial charge in [-0.2, -0.15) is 18.4 Å². The molecule has 16 heavy (non-hydrogen) atoms. The third-order valence-corrected chi connectivity index (χ3v) is 2.27. The van der Waals surface area contributed by atoms with Gasteiger partial charge in [-0.15, -0.1) is 0 Å². The number of hydrogen-bond donors (Lipinski definition) is 1. The zero-order valence-corrected chi connectivity index (χ0v) is 8.10. The molecule has 2 aromatic rings. The highest BCUT2D eigenvalue weighted by Gasteiger charge is 2.32. The van der Waals surface area contributed by atoms with Crippen LogP contribution in [0.4, 0.5) is 13.2 Å². The number of rotatable bonds is 1. The molecule has 0 fully saturated rings. The Labute approximate surface area is 89.3 Å². The fraction of sp³-hybridized carbons (Fsp3) is 0.182. The van der Waals surface area contributed by atoms with Gasteiger partial charge < -0.3 is 4.98 Å². The Morgan fingerprint density at radius 2 is 2.00 bits per heavy atom. The van der Waals surface area contributed by atoms with E-state index in [1.54, 1.807) is 18.2 Å². The lowest BCUT2D eigenvalue weighted by molar-refractivity contribution is -0.140. The van der Waals surface area contributed by atoms with Crippen molar-refractivity contribution in [2.45, 2.75) is 12.6 Å². The Morgan fingerprint density at radius 1 is 1.25 bits per heavy atom. The van der Waals surface area contributed by atoms with Gasteiger partial charge >= 0.3 is 6.18 Å². The first-order valence-corrected chi connectivity index (χ1v) is 4.56. The molecule has 0 aliphatic heterocycles. The number of nitrogens with zero attached hydrogens (tertiary/aromatic N) is 1. The van der Waals surface area contributed by atoms with Gasteiger partial charge in [0.25, 0.3) is 0 Å². The molecule has 0 atom stereocenters. The van der Waals surface area contributed by atoms with Crippen LogP contribution in [0.3, 0.4) is 0 Å². The van der Waals surface area contributed by atoms with Crippen molar-refractivity contribution in [3.63, 3.8) is 0 Å². The molecule has 1 aromatic heterocycles. The zero-order chi connectivity index (χ0) is 11.8. The maximum absolute atomic E-state index is 12.4. The van der Waals surface area contributed by atoms with Gasteiger partial charge in [-0.1, -0.05) is 6.07 Å². The number of nitrogens with one attached hydrogen (secondary N) is 1. The van der Waals surface area contributed by atoms with Crippen molar-refractivity contribution < 1.29 is 13.2 Å². The lowest BCUT2D eigenvalue weighted by atomic mass is 10.1. The van der Waals surface area contributed by atoms with Crippen LogP contribution < -0.4 is 0 Å². The van der Waals surface area contributed by atoms with Gasteiger partial charge in [0.2, 0.25) is 0 Å². The van der Waals surface area contributed by atoms with E-state index in [2.05, 4.69) is 4.98 Å². The van der Waals surface area contributed by atoms with Crippen molar-refractivity contribution >= 4 is 10.9 Å². The van der Waals surface area contributed by atoms with Crippen molar-refractivity contribution in [1.82, 2.24) is 4.98 Å². The van der Waals surface area contributed by atoms with Crippen LogP contribution in [0.2, 0.25) is 0 Å². The van der Waals surface area contributed by atoms with Crippen LogP contribution in [0.25, 0.3) is 10.9 Å². The first-order chi connectivity index (χ1) is 7.50. The number of H-pyrrole nitrogens is 1. The van der Waals surface area contributed by atoms with Crippen LogP contribution in [-0.2, 0) is 12.6 Å². The largest absolute Gasteiger partial charge is 0.431 e. The molecule has 2 nitrogen and oxygen atoms in total. The second-order valence-corrected chi connectivity index (χ2v) is 3.44. The summed E-state index contributed by atoms with van der Waals surface area (Å²) < 4.78 is 37.2. The minimum Gasteiger partial charge on any atom is -0.351 e. The van der Waals surface area contributed by atoms with E-state index >= 15 is 0 Å². The van der Waals surface area contributed by atoms with Gasteiger partial charge in [0.05, 0.1) is 12.5 Å². The molecule has 0 spiro atoms. The summed E-state index contributed by atoms with van der Waals surface area (Å²) in [5.74, 6) is 0. The van der Waals surface area contributed by atoms with Gasteiger partial charge in [-0.3, -0.25) is 0 Å². The van der Waals surface area contributed by atoms with Crippen molar-refractivity contribution in [2.75, 3.05) is 0 Å². The quantitative estimate of drug-likeness (QED) is 0.793. The number of halogens is 3. The molecule has 0 radical (unpaired) electrons. The fourth-order valence-electron chi connectivity index (χ4n) is 1.54. The molecule has 0 saturated heterocycles. The maximum atomic E-state index is 12.4. The monoisotopic (exact) mass is 224 g/mol. The Kier molecular flexibility index (Phi) is 2.35. The van der Waals surface area contributed by atoms with E-state index in [4.69, 9.17) is 5.26 Å². The predicted molar refractivity (Wildman–Crippen MR) is 52.6 cm³/mol. The van der Waals surface area contributed by atoms with Gasteiger partial charge in [-0.05, 0) is 23.8 Å². The molecule has 5 heteroatoms. The minimum atomic E-state index is -4.37. The summed E-state index contributed by atoms with van der Waals surface area (Å²) in [6.07, 6.45) is -4.17. The third kappa shape index (κ3) is 1.87. The first-order valence-electron chi connectivity index (χ1n) is 4.56. The normalized spacial score (nSPS) is 11.6. The van der Waals surface area contributed by atoms with E-state index < -0.39 is 11.9 Å². The molecule has 0 saturated carbocycles. The molecule has 0 aliphatic rings. The van der Waals surface area contributed by atoms with Crippen molar-refractivity contribution in [1.29, 1.82) is 5.26 Å². The summed E-state index contributed by atoms with van der Waals surface area (Å²) in [6, 6.07) is 7.79. The Bertz CT molecular complexity index is 561. The molecular formula is C11H7F3N2. The molecule has 1 N–H and O–H groups in total. The van der Waals surface area contributed by atoms with Crippen LogP contribution >= 0.6 is 0 Å². The zero-order valence-electron chi connectivity index (χ0n) is 8.10. The highest BCUT2D eigenvalue weighted by atomic mass is 19.4. The molecule has 0 bridgehead atoms. The molecule has 2 rings (SSSR count). The van der Waals surface area contributed by atoms with Gasteiger partial charge in [0, 0.05) is 10.9 Å². The van der Waals surface area contributed by atoms with Crippen molar-refractivity contribution in [2.24, 2.45) is 0 Å². The van der Waals surface area contributed by atoms with E-state index in [1.807, 2.05) is 6.07 Å². The lowest BCUT2D eigenvalue weighted by Gasteiger charge is -2.00. The summed E-state index contributed by atoms with van der Waals surface area (Å²) in [4.78, 5) is 2.30. The molecular weight excluding hydrogens is 217 g/mol. The Morgan fingerprint density at radius 3 is 2.62 bits per heavy atom. The summed E-state index contributed by atoms with van der Waals surface area (Å²) >= 11 is 0. The second kappa shape index (κ2) is 3.56. The third-order valence-electron chi connectivity index (χ3n) is 2.27. The van der Waals surface area contributed by atoms with E-state index in [0.29, 0.717) is 16.5 Å². The van der Waals surface area contributed by atoms with Crippen molar-refractivity contribution in [3.8, 4) is 6.07 Å². The number of benzene rings is 1.